The fraction of sp³-hybridized carbons (Fsp3) is 0.769. The Labute approximate surface area is 581 Å². The molecule has 12 atom stereocenters. The number of nitrogens with zero attached hydrogens (tertiary/aromatic N) is 1. The third kappa shape index (κ3) is 25.6. The maximum absolute atomic E-state index is 14.7. The maximum atomic E-state index is 14.7. The van der Waals surface area contributed by atoms with Gasteiger partial charge in [0.15, 0.2) is 0 Å². The second-order valence-electron chi connectivity index (χ2n) is 27.6. The predicted molar refractivity (Wildman–Crippen MR) is 369 cm³/mol. The summed E-state index contributed by atoms with van der Waals surface area (Å²) in [7, 11) is 0. The molecule has 32 heteroatoms. The average molecular weight is 1420 g/mol. The van der Waals surface area contributed by atoms with Gasteiger partial charge in [-0.3, -0.25) is 52.8 Å². The molecule has 7 rings (SSSR count). The van der Waals surface area contributed by atoms with E-state index in [0.717, 1.165) is 72.8 Å². The number of urea groups is 3. The lowest BCUT2D eigenvalue weighted by atomic mass is 9.92. The van der Waals surface area contributed by atoms with Gasteiger partial charge < -0.3 is 79.6 Å². The summed E-state index contributed by atoms with van der Waals surface area (Å²) in [5, 5.41) is 38.9. The minimum absolute atomic E-state index is 0.0626. The first-order chi connectivity index (χ1) is 46.3. The minimum atomic E-state index is -1.23. The molecule has 0 aromatic carbocycles. The summed E-state index contributed by atoms with van der Waals surface area (Å²) >= 11 is 5.47. The zero-order valence-electron chi connectivity index (χ0n) is 56.7. The van der Waals surface area contributed by atoms with E-state index >= 15 is 0 Å². The Morgan fingerprint density at radius 1 is 0.495 bits per heavy atom. The number of rotatable bonds is 46. The van der Waals surface area contributed by atoms with Crippen LogP contribution in [0.2, 0.25) is 0 Å². The van der Waals surface area contributed by atoms with Crippen molar-refractivity contribution < 1.29 is 67.1 Å². The fourth-order valence-corrected chi connectivity index (χ4v) is 17.5. The smallest absolute Gasteiger partial charge is 0.315 e. The molecule has 7 aliphatic heterocycles. The van der Waals surface area contributed by atoms with Crippen LogP contribution in [-0.4, -0.2) is 214 Å². The van der Waals surface area contributed by atoms with Crippen molar-refractivity contribution >= 4 is 112 Å². The zero-order valence-corrected chi connectivity index (χ0v) is 59.1. The van der Waals surface area contributed by atoms with Crippen LogP contribution in [0.3, 0.4) is 0 Å². The molecular weight excluding hydrogens is 1310 g/mol. The highest BCUT2D eigenvalue weighted by atomic mass is 32.2. The van der Waals surface area contributed by atoms with Crippen LogP contribution < -0.4 is 74.9 Å². The number of hydrogen-bond donors (Lipinski definition) is 14. The van der Waals surface area contributed by atoms with Gasteiger partial charge in [0.2, 0.25) is 47.3 Å². The van der Waals surface area contributed by atoms with Gasteiger partial charge in [-0.25, -0.2) is 14.4 Å². The summed E-state index contributed by atoms with van der Waals surface area (Å²) in [6, 6.07) is -3.30. The minimum Gasteiger partial charge on any atom is -0.374 e. The number of unbranched alkanes of at least 4 members (excludes halogenated alkanes) is 6. The van der Waals surface area contributed by atoms with E-state index in [1.54, 1.807) is 27.7 Å². The van der Waals surface area contributed by atoms with Gasteiger partial charge in [0.25, 0.3) is 11.8 Å². The highest BCUT2D eigenvalue weighted by Crippen LogP contribution is 2.36. The molecule has 0 saturated carbocycles. The van der Waals surface area contributed by atoms with Gasteiger partial charge in [-0.15, -0.1) is 0 Å². The largest absolute Gasteiger partial charge is 0.374 e. The first kappa shape index (κ1) is 77.8. The molecule has 6 saturated heterocycles. The topological polar surface area (TPSA) is 417 Å². The molecule has 6 fully saturated rings. The molecule has 7 heterocycles. The Morgan fingerprint density at radius 3 is 1.28 bits per heavy atom. The van der Waals surface area contributed by atoms with E-state index in [1.165, 1.54) is 0 Å². The second-order valence-corrected chi connectivity index (χ2v) is 31.5. The lowest BCUT2D eigenvalue weighted by Gasteiger charge is -2.32. The van der Waals surface area contributed by atoms with Crippen molar-refractivity contribution in [3.05, 3.63) is 12.2 Å². The molecular formula is C65H105N15O14S3. The molecule has 0 aromatic heterocycles. The van der Waals surface area contributed by atoms with Crippen molar-refractivity contribution in [3.63, 3.8) is 0 Å². The molecule has 0 bridgehead atoms. The van der Waals surface area contributed by atoms with Gasteiger partial charge in [-0.2, -0.15) is 35.3 Å². The van der Waals surface area contributed by atoms with Gasteiger partial charge in [-0.1, -0.05) is 19.3 Å². The summed E-state index contributed by atoms with van der Waals surface area (Å²) in [6.07, 6.45) is 13.5. The van der Waals surface area contributed by atoms with Gasteiger partial charge in [0.05, 0.1) is 53.9 Å². The van der Waals surface area contributed by atoms with E-state index in [1.807, 2.05) is 35.3 Å². The van der Waals surface area contributed by atoms with Crippen molar-refractivity contribution in [2.45, 2.75) is 251 Å². The fourth-order valence-electron chi connectivity index (χ4n) is 12.9. The number of imide groups is 1. The van der Waals surface area contributed by atoms with Crippen molar-refractivity contribution in [3.8, 4) is 0 Å². The molecule has 542 valence electrons. The molecule has 97 heavy (non-hydrogen) atoms. The van der Waals surface area contributed by atoms with Crippen molar-refractivity contribution in [2.24, 2.45) is 11.1 Å². The number of thioether (sulfide) groups is 3. The molecule has 7 aliphatic rings. The van der Waals surface area contributed by atoms with Crippen molar-refractivity contribution in [2.75, 3.05) is 56.6 Å². The molecule has 16 amide bonds. The number of carbonyl (C=O) groups is 13. The summed E-state index contributed by atoms with van der Waals surface area (Å²) < 4.78 is 6.27. The van der Waals surface area contributed by atoms with Gasteiger partial charge in [0, 0.05) is 104 Å². The SMILES string of the molecule is CC(C)(CCNC(=O)CCN1C(=O)C=CC1=O)OCC(C)(C)C(=O)NC(CCCCNC(=O)CCCCC1SCC2NC(=O)NC21)C(=O)NC(CCCCNC(=O)CCCCC1SCC2NC(=O)NC21)C(=O)NC(CCCCNC(=O)CCCCC1SCC2NC(=O)NC21)C(N)=O. The van der Waals surface area contributed by atoms with E-state index in [2.05, 4.69) is 69.1 Å². The van der Waals surface area contributed by atoms with Crippen LogP contribution in [0.1, 0.15) is 175 Å². The van der Waals surface area contributed by atoms with Gasteiger partial charge in [0.1, 0.15) is 18.1 Å². The highest BCUT2D eigenvalue weighted by molar-refractivity contribution is 8.00. The number of ether oxygens (including phenoxy) is 1. The van der Waals surface area contributed by atoms with E-state index in [9.17, 15) is 62.3 Å². The monoisotopic (exact) mass is 1420 g/mol. The predicted octanol–water partition coefficient (Wildman–Crippen LogP) is 1.61. The van der Waals surface area contributed by atoms with Crippen LogP contribution in [0.5, 0.6) is 0 Å². The summed E-state index contributed by atoms with van der Waals surface area (Å²) in [4.78, 5) is 168. The number of nitrogens with one attached hydrogen (secondary N) is 13. The Morgan fingerprint density at radius 2 is 0.866 bits per heavy atom. The zero-order chi connectivity index (χ0) is 70.1. The molecule has 0 spiro atoms. The van der Waals surface area contributed by atoms with Gasteiger partial charge >= 0.3 is 18.1 Å². The van der Waals surface area contributed by atoms with Crippen LogP contribution in [0.4, 0.5) is 14.4 Å². The number of fused-ring (bicyclic) bond motifs is 3. The Hall–Kier alpha value is -6.54. The lowest BCUT2D eigenvalue weighted by molar-refractivity contribution is -0.141. The second kappa shape index (κ2) is 38.7. The van der Waals surface area contributed by atoms with E-state index < -0.39 is 64.6 Å². The quantitative estimate of drug-likeness (QED) is 0.0234. The van der Waals surface area contributed by atoms with E-state index in [-0.39, 0.29) is 134 Å². The maximum Gasteiger partial charge on any atom is 0.315 e. The number of carbonyl (C=O) groups excluding carboxylic acids is 13. The van der Waals surface area contributed by atoms with Crippen molar-refractivity contribution in [1.82, 2.24) is 74.0 Å². The highest BCUT2D eigenvalue weighted by Gasteiger charge is 2.45. The number of amides is 16. The Kier molecular flexibility index (Phi) is 31.1. The van der Waals surface area contributed by atoms with Crippen LogP contribution in [0.25, 0.3) is 0 Å². The third-order valence-electron chi connectivity index (χ3n) is 18.8. The number of nitrogens with two attached hydrogens (primary N) is 1. The van der Waals surface area contributed by atoms with Crippen molar-refractivity contribution in [1.29, 1.82) is 0 Å². The Balaban J connectivity index is 0.915. The normalized spacial score (nSPS) is 23.9. The average Bonchev–Trinajstić information content (AvgIpc) is 1.73. The van der Waals surface area contributed by atoms with E-state index in [4.69, 9.17) is 10.5 Å². The molecule has 0 aliphatic carbocycles. The van der Waals surface area contributed by atoms with Crippen LogP contribution in [0, 0.1) is 5.41 Å². The third-order valence-corrected chi connectivity index (χ3v) is 23.4. The molecule has 29 nitrogen and oxygen atoms in total. The molecule has 15 N–H and O–H groups in total. The van der Waals surface area contributed by atoms with Crippen LogP contribution in [-0.2, 0) is 52.7 Å². The first-order valence-corrected chi connectivity index (χ1v) is 38.0. The molecule has 0 aromatic rings. The standard InChI is InChI=1S/C65H105N15O14S3/c1-64(2,38-94-65(3,4)29-33-70-51(84)28-34-80-52(85)26-27-53(80)86)60(90)73-41(19-13-16-32-69-50(83)25-10-7-22-47-56-44(37-97-47)76-63(93)79-56)59(89)72-40(18-12-15-31-68-49(82)24-9-6-21-46-55-43(36-96-46)75-62(92)78-55)58(88)71-39(57(66)87)17-11-14-30-67-48(81)23-8-5-20-45-54-42(35-95-45)74-61(91)77-54/h26-27,39-47,54-56H,5-25,28-38H2,1-4H3,(H2,66,87)(H,67,81)(H,68,82)(H,69,83)(H,70,84)(H,71,88)(H,72,89)(H,73,90)(H2,74,77,91)(H2,75,78,92)(H2,76,79,93). The summed E-state index contributed by atoms with van der Waals surface area (Å²) in [6.45, 7) is 7.87. The first-order valence-electron chi connectivity index (χ1n) is 34.9. The Bertz CT molecular complexity index is 2800. The summed E-state index contributed by atoms with van der Waals surface area (Å²) in [5.74, 6) is -1.79. The van der Waals surface area contributed by atoms with Crippen LogP contribution >= 0.6 is 35.3 Å². The molecule has 12 unspecified atom stereocenters. The van der Waals surface area contributed by atoms with Crippen LogP contribution in [0.15, 0.2) is 12.2 Å². The molecule has 0 radical (unpaired) electrons. The number of primary amides is 1. The van der Waals surface area contributed by atoms with Gasteiger partial charge in [-0.05, 0) is 130 Å². The lowest BCUT2D eigenvalue weighted by Crippen LogP contribution is -2.57. The van der Waals surface area contributed by atoms with E-state index in [0.29, 0.717) is 108 Å². The summed E-state index contributed by atoms with van der Waals surface area (Å²) in [5.41, 5.74) is 3.79. The number of hydrogen-bond acceptors (Lipinski definition) is 17.